The summed E-state index contributed by atoms with van der Waals surface area (Å²) in [5.74, 6) is 0.512. The highest BCUT2D eigenvalue weighted by atomic mass is 16.6. The summed E-state index contributed by atoms with van der Waals surface area (Å²) in [4.78, 5) is 20.4. The Morgan fingerprint density at radius 1 is 1.08 bits per heavy atom. The van der Waals surface area contributed by atoms with Crippen molar-refractivity contribution < 1.29 is 14.3 Å². The predicted octanol–water partition coefficient (Wildman–Crippen LogP) is 4.09. The van der Waals surface area contributed by atoms with Crippen LogP contribution in [-0.2, 0) is 0 Å². The molecule has 0 atom stereocenters. The third-order valence-electron chi connectivity index (χ3n) is 3.52. The quantitative estimate of drug-likeness (QED) is 0.424. The Kier molecular flexibility index (Phi) is 4.12. The normalized spacial score (nSPS) is 11.5. The summed E-state index contributed by atoms with van der Waals surface area (Å²) in [5, 5.41) is 26.8. The first kappa shape index (κ1) is 16.1. The minimum atomic E-state index is -0.707. The monoisotopic (exact) mass is 340 g/mol. The SMILES string of the molecule is CC(=NNc1ccc([N+](=O)[O-])cc1[N+](=O)[O-])c1cc2ccccc2o1. The number of nitro benzene ring substituents is 2. The van der Waals surface area contributed by atoms with Crippen molar-refractivity contribution in [2.24, 2.45) is 5.10 Å². The van der Waals surface area contributed by atoms with Crippen LogP contribution in [0.3, 0.4) is 0 Å². The molecule has 126 valence electrons. The minimum absolute atomic E-state index is 0.0473. The molecule has 0 saturated heterocycles. The first-order valence-electron chi connectivity index (χ1n) is 7.18. The van der Waals surface area contributed by atoms with Gasteiger partial charge in [-0.15, -0.1) is 0 Å². The first-order valence-corrected chi connectivity index (χ1v) is 7.18. The molecule has 0 saturated carbocycles. The number of nitrogens with one attached hydrogen (secondary N) is 1. The van der Waals surface area contributed by atoms with Crippen LogP contribution in [0, 0.1) is 20.2 Å². The van der Waals surface area contributed by atoms with E-state index in [2.05, 4.69) is 10.5 Å². The lowest BCUT2D eigenvalue weighted by Crippen LogP contribution is -2.01. The summed E-state index contributed by atoms with van der Waals surface area (Å²) in [5.41, 5.74) is 2.99. The molecule has 9 nitrogen and oxygen atoms in total. The van der Waals surface area contributed by atoms with Crippen LogP contribution in [0.25, 0.3) is 11.0 Å². The summed E-state index contributed by atoms with van der Waals surface area (Å²) in [6.45, 7) is 1.68. The molecular formula is C16H12N4O5. The molecule has 1 aromatic heterocycles. The Balaban J connectivity index is 1.90. The van der Waals surface area contributed by atoms with Crippen LogP contribution in [0.5, 0.6) is 0 Å². The Bertz CT molecular complexity index is 976. The number of nitro groups is 2. The molecule has 1 N–H and O–H groups in total. The Morgan fingerprint density at radius 2 is 1.84 bits per heavy atom. The van der Waals surface area contributed by atoms with Gasteiger partial charge in [0, 0.05) is 11.5 Å². The van der Waals surface area contributed by atoms with Gasteiger partial charge in [0.15, 0.2) is 5.76 Å². The predicted molar refractivity (Wildman–Crippen MR) is 91.8 cm³/mol. The van der Waals surface area contributed by atoms with Crippen molar-refractivity contribution in [2.75, 3.05) is 5.43 Å². The van der Waals surface area contributed by atoms with Gasteiger partial charge in [-0.3, -0.25) is 25.7 Å². The fourth-order valence-electron chi connectivity index (χ4n) is 2.24. The molecule has 2 aromatic carbocycles. The number of hydrogen-bond donors (Lipinski definition) is 1. The van der Waals surface area contributed by atoms with Crippen LogP contribution in [0.15, 0.2) is 58.0 Å². The van der Waals surface area contributed by atoms with Crippen LogP contribution in [0.4, 0.5) is 17.1 Å². The zero-order chi connectivity index (χ0) is 18.0. The van der Waals surface area contributed by atoms with Crippen molar-refractivity contribution >= 4 is 33.7 Å². The molecule has 0 unspecified atom stereocenters. The fraction of sp³-hybridized carbons (Fsp3) is 0.0625. The lowest BCUT2D eigenvalue weighted by atomic mass is 10.2. The number of hydrazone groups is 1. The van der Waals surface area contributed by atoms with Gasteiger partial charge in [0.05, 0.1) is 15.9 Å². The highest BCUT2D eigenvalue weighted by Crippen LogP contribution is 2.29. The van der Waals surface area contributed by atoms with Crippen molar-refractivity contribution in [3.05, 3.63) is 74.5 Å². The maximum absolute atomic E-state index is 11.1. The number of non-ortho nitro benzene ring substituents is 1. The van der Waals surface area contributed by atoms with Gasteiger partial charge >= 0.3 is 5.69 Å². The fourth-order valence-corrected chi connectivity index (χ4v) is 2.24. The molecule has 0 bridgehead atoms. The minimum Gasteiger partial charge on any atom is -0.455 e. The van der Waals surface area contributed by atoms with Gasteiger partial charge < -0.3 is 4.42 Å². The summed E-state index contributed by atoms with van der Waals surface area (Å²) >= 11 is 0. The number of nitrogens with zero attached hydrogens (tertiary/aromatic N) is 3. The van der Waals surface area contributed by atoms with E-state index >= 15 is 0 Å². The molecule has 0 radical (unpaired) electrons. The van der Waals surface area contributed by atoms with Gasteiger partial charge in [0.2, 0.25) is 0 Å². The van der Waals surface area contributed by atoms with Gasteiger partial charge in [-0.05, 0) is 25.1 Å². The van der Waals surface area contributed by atoms with Crippen molar-refractivity contribution in [3.63, 3.8) is 0 Å². The average Bonchev–Trinajstić information content (AvgIpc) is 3.03. The molecule has 1 heterocycles. The summed E-state index contributed by atoms with van der Waals surface area (Å²) in [6, 6.07) is 12.5. The van der Waals surface area contributed by atoms with Crippen molar-refractivity contribution in [3.8, 4) is 0 Å². The molecule has 0 amide bonds. The second-order valence-corrected chi connectivity index (χ2v) is 5.17. The highest BCUT2D eigenvalue weighted by Gasteiger charge is 2.19. The van der Waals surface area contributed by atoms with Gasteiger partial charge in [-0.25, -0.2) is 0 Å². The molecule has 9 heteroatoms. The Morgan fingerprint density at radius 3 is 2.52 bits per heavy atom. The van der Waals surface area contributed by atoms with Crippen molar-refractivity contribution in [1.29, 1.82) is 0 Å². The van der Waals surface area contributed by atoms with E-state index in [4.69, 9.17) is 4.42 Å². The number of fused-ring (bicyclic) bond motifs is 1. The number of hydrogen-bond acceptors (Lipinski definition) is 7. The largest absolute Gasteiger partial charge is 0.455 e. The Labute approximate surface area is 140 Å². The van der Waals surface area contributed by atoms with Crippen LogP contribution in [0.2, 0.25) is 0 Å². The average molecular weight is 340 g/mol. The number of para-hydroxylation sites is 1. The zero-order valence-electron chi connectivity index (χ0n) is 13.0. The molecule has 0 aliphatic carbocycles. The standard InChI is InChI=1S/C16H12N4O5/c1-10(16-8-11-4-2-3-5-15(11)25-16)17-18-13-7-6-12(19(21)22)9-14(13)20(23)24/h2-9,18H,1H3. The van der Waals surface area contributed by atoms with E-state index in [9.17, 15) is 20.2 Å². The summed E-state index contributed by atoms with van der Waals surface area (Å²) in [7, 11) is 0. The lowest BCUT2D eigenvalue weighted by Gasteiger charge is -2.03. The topological polar surface area (TPSA) is 124 Å². The van der Waals surface area contributed by atoms with Crippen molar-refractivity contribution in [1.82, 2.24) is 0 Å². The van der Waals surface area contributed by atoms with Crippen LogP contribution in [0.1, 0.15) is 12.7 Å². The maximum Gasteiger partial charge on any atom is 0.301 e. The van der Waals surface area contributed by atoms with E-state index < -0.39 is 15.5 Å². The smallest absolute Gasteiger partial charge is 0.301 e. The second-order valence-electron chi connectivity index (χ2n) is 5.17. The number of rotatable bonds is 5. The highest BCUT2D eigenvalue weighted by molar-refractivity contribution is 6.00. The number of anilines is 1. The number of benzene rings is 2. The molecule has 3 aromatic rings. The maximum atomic E-state index is 11.1. The number of furan rings is 1. The third-order valence-corrected chi connectivity index (χ3v) is 3.52. The molecule has 0 spiro atoms. The lowest BCUT2D eigenvalue weighted by molar-refractivity contribution is -0.393. The van der Waals surface area contributed by atoms with Crippen LogP contribution < -0.4 is 5.43 Å². The van der Waals surface area contributed by atoms with E-state index in [0.717, 1.165) is 11.5 Å². The molecule has 3 rings (SSSR count). The molecule has 0 fully saturated rings. The molecular weight excluding hydrogens is 328 g/mol. The summed E-state index contributed by atoms with van der Waals surface area (Å²) in [6.07, 6.45) is 0. The van der Waals surface area contributed by atoms with Gasteiger partial charge in [-0.1, -0.05) is 18.2 Å². The van der Waals surface area contributed by atoms with Gasteiger partial charge in [0.25, 0.3) is 5.69 Å². The first-order chi connectivity index (χ1) is 12.0. The van der Waals surface area contributed by atoms with Crippen molar-refractivity contribution in [2.45, 2.75) is 6.92 Å². The molecule has 0 aliphatic heterocycles. The second kappa shape index (κ2) is 6.40. The van der Waals surface area contributed by atoms with E-state index in [1.165, 1.54) is 12.1 Å². The summed E-state index contributed by atoms with van der Waals surface area (Å²) < 4.78 is 5.65. The van der Waals surface area contributed by atoms with E-state index in [-0.39, 0.29) is 11.4 Å². The van der Waals surface area contributed by atoms with E-state index in [0.29, 0.717) is 17.1 Å². The van der Waals surface area contributed by atoms with Gasteiger partial charge in [-0.2, -0.15) is 5.10 Å². The van der Waals surface area contributed by atoms with Crippen LogP contribution in [-0.4, -0.2) is 15.6 Å². The van der Waals surface area contributed by atoms with Crippen LogP contribution >= 0.6 is 0 Å². The third kappa shape index (κ3) is 3.29. The molecule has 0 aliphatic rings. The Hall–Kier alpha value is -3.75. The van der Waals surface area contributed by atoms with E-state index in [1.807, 2.05) is 24.3 Å². The van der Waals surface area contributed by atoms with E-state index in [1.54, 1.807) is 13.0 Å². The molecule has 25 heavy (non-hydrogen) atoms. The van der Waals surface area contributed by atoms with Gasteiger partial charge in [0.1, 0.15) is 17.0 Å². The zero-order valence-corrected chi connectivity index (χ0v) is 13.0.